The van der Waals surface area contributed by atoms with Gasteiger partial charge in [0, 0.05) is 36.3 Å². The lowest BCUT2D eigenvalue weighted by molar-refractivity contribution is -0.120. The van der Waals surface area contributed by atoms with E-state index in [0.29, 0.717) is 47.3 Å². The number of ether oxygens (including phenoxy) is 1. The number of carbonyl (C=O) groups excluding carboxylic acids is 2. The van der Waals surface area contributed by atoms with Gasteiger partial charge in [0.05, 0.1) is 16.8 Å². The largest absolute Gasteiger partial charge is 0.468 e. The van der Waals surface area contributed by atoms with E-state index in [1.165, 1.54) is 0 Å². The molecule has 1 fully saturated rings. The zero-order valence-electron chi connectivity index (χ0n) is 19.8. The van der Waals surface area contributed by atoms with Gasteiger partial charge in [-0.1, -0.05) is 18.2 Å². The first-order chi connectivity index (χ1) is 17.4. The van der Waals surface area contributed by atoms with Crippen molar-refractivity contribution in [2.45, 2.75) is 25.7 Å². The number of para-hydroxylation sites is 1. The normalized spacial score (nSPS) is 17.3. The molecule has 0 radical (unpaired) electrons. The summed E-state index contributed by atoms with van der Waals surface area (Å²) < 4.78 is 5.21. The molecule has 10 heteroatoms. The molecule has 3 amide bonds. The van der Waals surface area contributed by atoms with E-state index in [-0.39, 0.29) is 18.4 Å². The summed E-state index contributed by atoms with van der Waals surface area (Å²) >= 11 is 0. The lowest BCUT2D eigenvalue weighted by Gasteiger charge is -2.28. The fraction of sp³-hybridized carbons (Fsp3) is 0.346. The van der Waals surface area contributed by atoms with Gasteiger partial charge in [-0.15, -0.1) is 0 Å². The lowest BCUT2D eigenvalue weighted by Crippen LogP contribution is -2.34. The number of nitrogens with two attached hydrogens (primary N) is 1. The summed E-state index contributed by atoms with van der Waals surface area (Å²) in [6.07, 6.45) is 4.36. The topological polar surface area (TPSA) is 157 Å². The minimum atomic E-state index is -0.989. The third kappa shape index (κ3) is 6.47. The van der Waals surface area contributed by atoms with Crippen molar-refractivity contribution in [2.24, 2.45) is 17.6 Å². The van der Waals surface area contributed by atoms with Crippen molar-refractivity contribution in [2.75, 3.05) is 19.7 Å². The molecule has 2 aromatic heterocycles. The Kier molecular flexibility index (Phi) is 7.94. The molecule has 0 unspecified atom stereocenters. The molecule has 3 aromatic rings. The first-order valence-electron chi connectivity index (χ1n) is 11.9. The molecule has 2 heterocycles. The Morgan fingerprint density at radius 3 is 2.33 bits per heavy atom. The maximum absolute atomic E-state index is 13.2. The number of carbonyl (C=O) groups is 3. The van der Waals surface area contributed by atoms with E-state index in [0.717, 1.165) is 31.1 Å². The highest BCUT2D eigenvalue weighted by atomic mass is 16.5. The second-order valence-electron chi connectivity index (χ2n) is 9.00. The van der Waals surface area contributed by atoms with Crippen molar-refractivity contribution in [3.63, 3.8) is 0 Å². The highest BCUT2D eigenvalue weighted by Crippen LogP contribution is 2.29. The molecule has 0 spiro atoms. The van der Waals surface area contributed by atoms with Crippen molar-refractivity contribution >= 4 is 28.8 Å². The Balaban J connectivity index is 1.44. The Hall–Kier alpha value is -4.21. The summed E-state index contributed by atoms with van der Waals surface area (Å²) in [5.41, 5.74) is 7.62. The van der Waals surface area contributed by atoms with Crippen LogP contribution in [0, 0.1) is 11.8 Å². The quantitative estimate of drug-likeness (QED) is 0.358. The van der Waals surface area contributed by atoms with E-state index in [4.69, 9.17) is 20.6 Å². The molecule has 1 aromatic carbocycles. The van der Waals surface area contributed by atoms with Gasteiger partial charge in [0.25, 0.3) is 11.8 Å². The van der Waals surface area contributed by atoms with Gasteiger partial charge in [-0.2, -0.15) is 0 Å². The van der Waals surface area contributed by atoms with Gasteiger partial charge in [0.15, 0.2) is 6.61 Å². The maximum Gasteiger partial charge on any atom is 0.404 e. The van der Waals surface area contributed by atoms with Gasteiger partial charge in [-0.3, -0.25) is 9.59 Å². The third-order valence-corrected chi connectivity index (χ3v) is 6.41. The second-order valence-corrected chi connectivity index (χ2v) is 9.00. The van der Waals surface area contributed by atoms with Crippen LogP contribution in [-0.2, 0) is 4.79 Å². The number of pyridine rings is 2. The Labute approximate surface area is 208 Å². The van der Waals surface area contributed by atoms with Crippen molar-refractivity contribution < 1.29 is 24.2 Å². The average molecular weight is 492 g/mol. The zero-order valence-corrected chi connectivity index (χ0v) is 19.8. The molecule has 188 valence electrons. The van der Waals surface area contributed by atoms with Crippen LogP contribution in [0.1, 0.15) is 36.0 Å². The number of aromatic nitrogens is 2. The van der Waals surface area contributed by atoms with E-state index in [9.17, 15) is 14.4 Å². The Morgan fingerprint density at radius 2 is 1.69 bits per heavy atom. The molecule has 0 aliphatic heterocycles. The van der Waals surface area contributed by atoms with E-state index < -0.39 is 12.0 Å². The highest BCUT2D eigenvalue weighted by molar-refractivity contribution is 6.07. The summed E-state index contributed by atoms with van der Waals surface area (Å²) in [6.45, 7) is 0.788. The Morgan fingerprint density at radius 1 is 1.00 bits per heavy atom. The summed E-state index contributed by atoms with van der Waals surface area (Å²) in [6, 6.07) is 12.6. The van der Waals surface area contributed by atoms with Crippen molar-refractivity contribution in [3.8, 4) is 17.1 Å². The van der Waals surface area contributed by atoms with Crippen LogP contribution in [0.4, 0.5) is 4.79 Å². The molecule has 1 aliphatic carbocycles. The predicted molar refractivity (Wildman–Crippen MR) is 133 cm³/mol. The molecule has 36 heavy (non-hydrogen) atoms. The second kappa shape index (κ2) is 11.5. The molecule has 0 atom stereocenters. The van der Waals surface area contributed by atoms with Crippen LogP contribution >= 0.6 is 0 Å². The van der Waals surface area contributed by atoms with Crippen LogP contribution in [-0.4, -0.2) is 52.7 Å². The summed E-state index contributed by atoms with van der Waals surface area (Å²) in [4.78, 5) is 43.7. The van der Waals surface area contributed by atoms with Gasteiger partial charge in [0.1, 0.15) is 0 Å². The number of amides is 3. The molecule has 5 N–H and O–H groups in total. The number of benzene rings is 1. The van der Waals surface area contributed by atoms with Crippen LogP contribution < -0.4 is 21.1 Å². The number of hydrogen-bond donors (Lipinski definition) is 4. The summed E-state index contributed by atoms with van der Waals surface area (Å²) in [5, 5.41) is 15.1. The zero-order chi connectivity index (χ0) is 25.5. The average Bonchev–Trinajstić information content (AvgIpc) is 2.89. The number of rotatable bonds is 9. The fourth-order valence-electron chi connectivity index (χ4n) is 4.48. The number of nitrogens with zero attached hydrogens (tertiary/aromatic N) is 2. The third-order valence-electron chi connectivity index (χ3n) is 6.41. The van der Waals surface area contributed by atoms with Crippen LogP contribution in [0.25, 0.3) is 22.2 Å². The van der Waals surface area contributed by atoms with Crippen molar-refractivity contribution in [3.05, 3.63) is 54.2 Å². The standard InChI is InChI=1S/C26H29N5O5/c27-23(32)15-36-24-10-9-18(14-28-24)22-11-20(19-3-1-2-4-21(19)31-22)25(33)29-12-16-5-7-17(8-6-16)13-30-26(34)35/h1-4,9-11,14,16-17,30H,5-8,12-13,15H2,(H2,27,32)(H,29,33)(H,34,35). The molecular weight excluding hydrogens is 462 g/mol. The van der Waals surface area contributed by atoms with Gasteiger partial charge in [-0.05, 0) is 55.7 Å². The lowest BCUT2D eigenvalue weighted by atomic mass is 9.82. The van der Waals surface area contributed by atoms with E-state index in [1.54, 1.807) is 24.4 Å². The van der Waals surface area contributed by atoms with Crippen LogP contribution in [0.2, 0.25) is 0 Å². The van der Waals surface area contributed by atoms with Gasteiger partial charge >= 0.3 is 6.09 Å². The van der Waals surface area contributed by atoms with Crippen LogP contribution in [0.5, 0.6) is 5.88 Å². The van der Waals surface area contributed by atoms with Crippen LogP contribution in [0.3, 0.4) is 0 Å². The van der Waals surface area contributed by atoms with E-state index >= 15 is 0 Å². The van der Waals surface area contributed by atoms with E-state index in [1.807, 2.05) is 24.3 Å². The molecular formula is C26H29N5O5. The van der Waals surface area contributed by atoms with E-state index in [2.05, 4.69) is 15.6 Å². The monoisotopic (exact) mass is 491 g/mol. The highest BCUT2D eigenvalue weighted by Gasteiger charge is 2.23. The Bertz CT molecular complexity index is 1240. The number of fused-ring (bicyclic) bond motifs is 1. The minimum absolute atomic E-state index is 0.168. The molecule has 0 bridgehead atoms. The fourth-order valence-corrected chi connectivity index (χ4v) is 4.48. The molecule has 1 saturated carbocycles. The first kappa shape index (κ1) is 24.9. The van der Waals surface area contributed by atoms with Gasteiger partial charge in [-0.25, -0.2) is 14.8 Å². The molecule has 0 saturated heterocycles. The molecule has 4 rings (SSSR count). The number of carboxylic acid groups (broad SMARTS) is 1. The van der Waals surface area contributed by atoms with Crippen molar-refractivity contribution in [1.82, 2.24) is 20.6 Å². The summed E-state index contributed by atoms with van der Waals surface area (Å²) in [5.74, 6) is 0.223. The smallest absolute Gasteiger partial charge is 0.404 e. The van der Waals surface area contributed by atoms with Crippen molar-refractivity contribution in [1.29, 1.82) is 0 Å². The molecule has 10 nitrogen and oxygen atoms in total. The SMILES string of the molecule is NC(=O)COc1ccc(-c2cc(C(=O)NCC3CCC(CNC(=O)O)CC3)c3ccccc3n2)cn1. The number of nitrogens with one attached hydrogen (secondary N) is 2. The summed E-state index contributed by atoms with van der Waals surface area (Å²) in [7, 11) is 0. The minimum Gasteiger partial charge on any atom is -0.468 e. The maximum atomic E-state index is 13.2. The first-order valence-corrected chi connectivity index (χ1v) is 11.9. The number of hydrogen-bond acceptors (Lipinski definition) is 6. The van der Waals surface area contributed by atoms with Gasteiger partial charge < -0.3 is 26.2 Å². The molecule has 1 aliphatic rings. The van der Waals surface area contributed by atoms with Gasteiger partial charge in [0.2, 0.25) is 5.88 Å². The number of primary amides is 1. The van der Waals surface area contributed by atoms with Crippen LogP contribution in [0.15, 0.2) is 48.7 Å². The predicted octanol–water partition coefficient (Wildman–Crippen LogP) is 2.96.